The molecule has 0 atom stereocenters. The SMILES string of the molecule is CCc1c(C(=O)Nc2ccc(F)c(F)c2)c2n(c1C(=O)C(=O)NC(C)(C)CCCC=O)CCC2. The minimum Gasteiger partial charge on any atom is -0.344 e. The van der Waals surface area contributed by atoms with E-state index in [9.17, 15) is 28.0 Å². The van der Waals surface area contributed by atoms with E-state index in [1.165, 1.54) is 6.07 Å². The Bertz CT molecular complexity index is 1140. The predicted octanol–water partition coefficient (Wildman–Crippen LogP) is 3.97. The first-order chi connectivity index (χ1) is 16.1. The molecule has 0 spiro atoms. The van der Waals surface area contributed by atoms with Crippen LogP contribution in [0.1, 0.15) is 78.6 Å². The molecular formula is C25H29F2N3O4. The number of aromatic nitrogens is 1. The normalized spacial score (nSPS) is 12.9. The first kappa shape index (κ1) is 25.3. The number of benzene rings is 1. The van der Waals surface area contributed by atoms with Crippen molar-refractivity contribution in [3.63, 3.8) is 0 Å². The van der Waals surface area contributed by atoms with E-state index in [0.29, 0.717) is 61.9 Å². The van der Waals surface area contributed by atoms with Crippen LogP contribution in [0.25, 0.3) is 0 Å². The Hall–Kier alpha value is -3.36. The molecule has 182 valence electrons. The lowest BCUT2D eigenvalue weighted by atomic mass is 9.96. The number of nitrogens with one attached hydrogen (secondary N) is 2. The Morgan fingerprint density at radius 2 is 1.91 bits per heavy atom. The zero-order valence-corrected chi connectivity index (χ0v) is 19.6. The van der Waals surface area contributed by atoms with Crippen LogP contribution in [0.4, 0.5) is 14.5 Å². The summed E-state index contributed by atoms with van der Waals surface area (Å²) in [5, 5.41) is 5.33. The molecule has 0 aliphatic carbocycles. The molecule has 9 heteroatoms. The molecule has 0 saturated carbocycles. The third kappa shape index (κ3) is 5.24. The molecule has 2 amide bonds. The number of nitrogens with zero attached hydrogens (tertiary/aromatic N) is 1. The van der Waals surface area contributed by atoms with E-state index >= 15 is 0 Å². The van der Waals surface area contributed by atoms with E-state index in [-0.39, 0.29) is 11.4 Å². The summed E-state index contributed by atoms with van der Waals surface area (Å²) in [7, 11) is 0. The zero-order chi connectivity index (χ0) is 25.0. The summed E-state index contributed by atoms with van der Waals surface area (Å²) in [6.07, 6.45) is 3.89. The van der Waals surface area contributed by atoms with Gasteiger partial charge in [0, 0.05) is 36.0 Å². The number of carbonyl (C=O) groups is 4. The second kappa shape index (κ2) is 10.3. The number of hydrogen-bond acceptors (Lipinski definition) is 4. The molecule has 2 N–H and O–H groups in total. The molecule has 2 heterocycles. The maximum Gasteiger partial charge on any atom is 0.294 e. The number of hydrogen-bond donors (Lipinski definition) is 2. The number of amides is 2. The Morgan fingerprint density at radius 3 is 2.56 bits per heavy atom. The van der Waals surface area contributed by atoms with Gasteiger partial charge in [0.25, 0.3) is 17.6 Å². The molecule has 3 rings (SSSR count). The van der Waals surface area contributed by atoms with Crippen molar-refractivity contribution in [1.29, 1.82) is 0 Å². The molecule has 1 aliphatic rings. The fraction of sp³-hybridized carbons (Fsp3) is 0.440. The van der Waals surface area contributed by atoms with Gasteiger partial charge in [0.15, 0.2) is 11.6 Å². The molecule has 0 radical (unpaired) electrons. The van der Waals surface area contributed by atoms with Crippen molar-refractivity contribution in [1.82, 2.24) is 9.88 Å². The number of aldehydes is 1. The molecule has 34 heavy (non-hydrogen) atoms. The number of ketones is 1. The smallest absolute Gasteiger partial charge is 0.294 e. The van der Waals surface area contributed by atoms with Gasteiger partial charge in [-0.2, -0.15) is 0 Å². The maximum atomic E-state index is 13.6. The summed E-state index contributed by atoms with van der Waals surface area (Å²) in [6, 6.07) is 3.07. The van der Waals surface area contributed by atoms with Crippen molar-refractivity contribution in [3.8, 4) is 0 Å². The van der Waals surface area contributed by atoms with E-state index in [0.717, 1.165) is 18.4 Å². The molecule has 0 fully saturated rings. The molecule has 7 nitrogen and oxygen atoms in total. The summed E-state index contributed by atoms with van der Waals surface area (Å²) >= 11 is 0. The molecule has 0 unspecified atom stereocenters. The number of Topliss-reactive ketones (excluding diaryl/α,β-unsaturated/α-hetero) is 1. The van der Waals surface area contributed by atoms with E-state index in [1.807, 2.05) is 0 Å². The highest BCUT2D eigenvalue weighted by Crippen LogP contribution is 2.31. The van der Waals surface area contributed by atoms with E-state index < -0.39 is 34.8 Å². The van der Waals surface area contributed by atoms with Crippen molar-refractivity contribution in [2.45, 2.75) is 71.4 Å². The topological polar surface area (TPSA) is 97.3 Å². The average molecular weight is 474 g/mol. The minimum absolute atomic E-state index is 0.0894. The number of halogens is 2. The van der Waals surface area contributed by atoms with Crippen LogP contribution >= 0.6 is 0 Å². The largest absolute Gasteiger partial charge is 0.344 e. The van der Waals surface area contributed by atoms with Crippen molar-refractivity contribution in [3.05, 3.63) is 52.3 Å². The molecule has 2 aromatic rings. The molecule has 0 bridgehead atoms. The third-order valence-electron chi connectivity index (χ3n) is 6.02. The van der Waals surface area contributed by atoms with Crippen LogP contribution < -0.4 is 10.6 Å². The highest BCUT2D eigenvalue weighted by atomic mass is 19.2. The van der Waals surface area contributed by atoms with Gasteiger partial charge in [0.2, 0.25) is 0 Å². The third-order valence-corrected chi connectivity index (χ3v) is 6.02. The van der Waals surface area contributed by atoms with Gasteiger partial charge < -0.3 is 20.0 Å². The first-order valence-electron chi connectivity index (χ1n) is 11.4. The molecule has 0 saturated heterocycles. The number of unbranched alkanes of at least 4 members (excludes halogenated alkanes) is 1. The number of anilines is 1. The van der Waals surface area contributed by atoms with E-state index in [4.69, 9.17) is 0 Å². The molecule has 1 aromatic heterocycles. The number of rotatable bonds is 10. The van der Waals surface area contributed by atoms with Gasteiger partial charge in [0.05, 0.1) is 11.3 Å². The van der Waals surface area contributed by atoms with Crippen molar-refractivity contribution in [2.24, 2.45) is 0 Å². The number of fused-ring (bicyclic) bond motifs is 1. The standard InChI is InChI=1S/C25H29F2N3O4/c1-4-16-20(23(33)28-15-9-10-17(26)18(27)14-15)19-8-7-12-30(19)21(16)22(32)24(34)29-25(2,3)11-5-6-13-31/h9-10,13-14H,4-8,11-12H2,1-3H3,(H,28,33)(H,29,34). The first-order valence-corrected chi connectivity index (χ1v) is 11.4. The molecule has 1 aliphatic heterocycles. The molecular weight excluding hydrogens is 444 g/mol. The van der Waals surface area contributed by atoms with E-state index in [1.54, 1.807) is 25.3 Å². The highest BCUT2D eigenvalue weighted by Gasteiger charge is 2.35. The summed E-state index contributed by atoms with van der Waals surface area (Å²) in [5.74, 6) is -4.15. The van der Waals surface area contributed by atoms with Gasteiger partial charge >= 0.3 is 0 Å². The number of carbonyl (C=O) groups excluding carboxylic acids is 4. The Labute approximate surface area is 196 Å². The van der Waals surface area contributed by atoms with Crippen LogP contribution in [0, 0.1) is 11.6 Å². The summed E-state index contributed by atoms with van der Waals surface area (Å²) < 4.78 is 28.6. The van der Waals surface area contributed by atoms with Gasteiger partial charge in [-0.3, -0.25) is 14.4 Å². The Morgan fingerprint density at radius 1 is 1.18 bits per heavy atom. The maximum absolute atomic E-state index is 13.6. The summed E-state index contributed by atoms with van der Waals surface area (Å²) in [4.78, 5) is 49.9. The lowest BCUT2D eigenvalue weighted by Gasteiger charge is -2.25. The fourth-order valence-corrected chi connectivity index (χ4v) is 4.44. The minimum atomic E-state index is -1.08. The van der Waals surface area contributed by atoms with Gasteiger partial charge in [0.1, 0.15) is 6.29 Å². The fourth-order valence-electron chi connectivity index (χ4n) is 4.44. The Balaban J connectivity index is 1.90. The second-order valence-corrected chi connectivity index (χ2v) is 9.07. The second-order valence-electron chi connectivity index (χ2n) is 9.07. The van der Waals surface area contributed by atoms with E-state index in [2.05, 4.69) is 10.6 Å². The van der Waals surface area contributed by atoms with Crippen molar-refractivity contribution < 1.29 is 28.0 Å². The van der Waals surface area contributed by atoms with Crippen LogP contribution in [0.3, 0.4) is 0 Å². The highest BCUT2D eigenvalue weighted by molar-refractivity contribution is 6.43. The zero-order valence-electron chi connectivity index (χ0n) is 19.6. The van der Waals surface area contributed by atoms with Crippen LogP contribution in [0.5, 0.6) is 0 Å². The molecule has 1 aromatic carbocycles. The average Bonchev–Trinajstić information content (AvgIpc) is 3.35. The lowest BCUT2D eigenvalue weighted by Crippen LogP contribution is -2.47. The summed E-state index contributed by atoms with van der Waals surface area (Å²) in [5.41, 5.74) is 0.992. The van der Waals surface area contributed by atoms with Crippen LogP contribution in [-0.4, -0.2) is 34.0 Å². The van der Waals surface area contributed by atoms with Gasteiger partial charge in [-0.05, 0) is 63.6 Å². The van der Waals surface area contributed by atoms with Gasteiger partial charge in [-0.15, -0.1) is 0 Å². The van der Waals surface area contributed by atoms with Gasteiger partial charge in [-0.25, -0.2) is 8.78 Å². The predicted molar refractivity (Wildman–Crippen MR) is 123 cm³/mol. The van der Waals surface area contributed by atoms with Crippen LogP contribution in [0.2, 0.25) is 0 Å². The lowest BCUT2D eigenvalue weighted by molar-refractivity contribution is -0.118. The summed E-state index contributed by atoms with van der Waals surface area (Å²) in [6.45, 7) is 5.86. The monoisotopic (exact) mass is 473 g/mol. The van der Waals surface area contributed by atoms with Gasteiger partial charge in [-0.1, -0.05) is 6.92 Å². The van der Waals surface area contributed by atoms with Crippen LogP contribution in [0.15, 0.2) is 18.2 Å². The van der Waals surface area contributed by atoms with Crippen molar-refractivity contribution in [2.75, 3.05) is 5.32 Å². The van der Waals surface area contributed by atoms with Crippen molar-refractivity contribution >= 4 is 29.6 Å². The Kier molecular flexibility index (Phi) is 7.64. The quantitative estimate of drug-likeness (QED) is 0.236. The van der Waals surface area contributed by atoms with Crippen LogP contribution in [-0.2, 0) is 29.0 Å².